The van der Waals surface area contributed by atoms with Gasteiger partial charge in [0.2, 0.25) is 0 Å². The maximum Gasteiger partial charge on any atom is 0.135 e. The molecule has 0 heterocycles. The van der Waals surface area contributed by atoms with Crippen LogP contribution in [0.2, 0.25) is 5.02 Å². The molecular formula is C17H14ClNO. The van der Waals surface area contributed by atoms with Gasteiger partial charge in [0.15, 0.2) is 0 Å². The van der Waals surface area contributed by atoms with E-state index in [4.69, 9.17) is 22.1 Å². The molecule has 3 rings (SSSR count). The van der Waals surface area contributed by atoms with Gasteiger partial charge in [0.1, 0.15) is 11.5 Å². The Morgan fingerprint density at radius 2 is 1.55 bits per heavy atom. The lowest BCUT2D eigenvalue weighted by molar-refractivity contribution is 0.488. The van der Waals surface area contributed by atoms with Crippen LogP contribution < -0.4 is 10.5 Å². The zero-order valence-corrected chi connectivity index (χ0v) is 11.6. The molecule has 0 unspecified atom stereocenters. The topological polar surface area (TPSA) is 35.2 Å². The Morgan fingerprint density at radius 3 is 2.25 bits per heavy atom. The summed E-state index contributed by atoms with van der Waals surface area (Å²) in [5.41, 5.74) is 6.89. The molecule has 0 aliphatic carbocycles. The van der Waals surface area contributed by atoms with Crippen LogP contribution in [0, 0.1) is 0 Å². The van der Waals surface area contributed by atoms with Crippen LogP contribution in [0.1, 0.15) is 5.56 Å². The van der Waals surface area contributed by atoms with Crippen molar-refractivity contribution in [3.05, 3.63) is 71.2 Å². The molecule has 0 aromatic heterocycles. The van der Waals surface area contributed by atoms with Gasteiger partial charge in [0, 0.05) is 17.0 Å². The molecule has 0 amide bonds. The highest BCUT2D eigenvalue weighted by Gasteiger charge is 2.06. The van der Waals surface area contributed by atoms with E-state index in [0.717, 1.165) is 27.8 Å². The highest BCUT2D eigenvalue weighted by molar-refractivity contribution is 6.30. The summed E-state index contributed by atoms with van der Waals surface area (Å²) in [5.74, 6) is 1.58. The smallest absolute Gasteiger partial charge is 0.135 e. The molecule has 2 nitrogen and oxygen atoms in total. The second-order valence-electron chi connectivity index (χ2n) is 4.53. The lowest BCUT2D eigenvalue weighted by Gasteiger charge is -2.11. The molecule has 0 atom stereocenters. The first kappa shape index (κ1) is 13.0. The third kappa shape index (κ3) is 2.48. The van der Waals surface area contributed by atoms with Crippen molar-refractivity contribution in [2.75, 3.05) is 0 Å². The van der Waals surface area contributed by atoms with E-state index in [0.29, 0.717) is 11.6 Å². The summed E-state index contributed by atoms with van der Waals surface area (Å²) >= 11 is 5.88. The van der Waals surface area contributed by atoms with Gasteiger partial charge in [-0.1, -0.05) is 41.9 Å². The number of hydrogen-bond donors (Lipinski definition) is 1. The summed E-state index contributed by atoms with van der Waals surface area (Å²) in [6.07, 6.45) is 0. The van der Waals surface area contributed by atoms with E-state index < -0.39 is 0 Å². The van der Waals surface area contributed by atoms with E-state index in [9.17, 15) is 0 Å². The number of rotatable bonds is 3. The minimum Gasteiger partial charge on any atom is -0.457 e. The van der Waals surface area contributed by atoms with Crippen molar-refractivity contribution in [3.8, 4) is 11.5 Å². The Kier molecular flexibility index (Phi) is 3.59. The first-order valence-electron chi connectivity index (χ1n) is 6.42. The number of halogens is 1. The van der Waals surface area contributed by atoms with Gasteiger partial charge in [-0.3, -0.25) is 0 Å². The first-order valence-corrected chi connectivity index (χ1v) is 6.80. The van der Waals surface area contributed by atoms with Gasteiger partial charge in [-0.15, -0.1) is 0 Å². The van der Waals surface area contributed by atoms with Crippen molar-refractivity contribution in [1.82, 2.24) is 0 Å². The second kappa shape index (κ2) is 5.53. The van der Waals surface area contributed by atoms with E-state index in [-0.39, 0.29) is 0 Å². The molecule has 3 heteroatoms. The van der Waals surface area contributed by atoms with Crippen molar-refractivity contribution < 1.29 is 4.74 Å². The van der Waals surface area contributed by atoms with Crippen LogP contribution >= 0.6 is 11.6 Å². The van der Waals surface area contributed by atoms with E-state index in [1.807, 2.05) is 54.6 Å². The lowest BCUT2D eigenvalue weighted by Crippen LogP contribution is -1.97. The van der Waals surface area contributed by atoms with Crippen molar-refractivity contribution in [1.29, 1.82) is 0 Å². The third-order valence-electron chi connectivity index (χ3n) is 3.24. The third-order valence-corrected chi connectivity index (χ3v) is 3.49. The Morgan fingerprint density at radius 1 is 0.850 bits per heavy atom. The summed E-state index contributed by atoms with van der Waals surface area (Å²) in [5, 5.41) is 2.88. The van der Waals surface area contributed by atoms with Crippen LogP contribution in [0.3, 0.4) is 0 Å². The Labute approximate surface area is 122 Å². The number of fused-ring (bicyclic) bond motifs is 1. The van der Waals surface area contributed by atoms with Crippen molar-refractivity contribution >= 4 is 22.4 Å². The van der Waals surface area contributed by atoms with Crippen LogP contribution in [0.15, 0.2) is 60.7 Å². The maximum atomic E-state index is 5.95. The Balaban J connectivity index is 2.06. The molecule has 0 bridgehead atoms. The molecule has 3 aromatic rings. The van der Waals surface area contributed by atoms with Crippen molar-refractivity contribution in [2.45, 2.75) is 6.54 Å². The molecule has 100 valence electrons. The van der Waals surface area contributed by atoms with Crippen LogP contribution in [0.5, 0.6) is 11.5 Å². The summed E-state index contributed by atoms with van der Waals surface area (Å²) in [6, 6.07) is 19.4. The Hall–Kier alpha value is -2.03. The molecule has 0 aliphatic rings. The van der Waals surface area contributed by atoms with Crippen molar-refractivity contribution in [3.63, 3.8) is 0 Å². The number of nitrogens with two attached hydrogens (primary N) is 1. The molecule has 0 aliphatic heterocycles. The van der Waals surface area contributed by atoms with Gasteiger partial charge in [-0.2, -0.15) is 0 Å². The average Bonchev–Trinajstić information content (AvgIpc) is 2.50. The standard InChI is InChI=1S/C17H14ClNO/c18-13-6-8-14(9-7-13)20-17-10-5-12(11-19)15-3-1-2-4-16(15)17/h1-10H,11,19H2. The van der Waals surface area contributed by atoms with E-state index in [2.05, 4.69) is 6.07 Å². The van der Waals surface area contributed by atoms with Crippen LogP contribution in [0.4, 0.5) is 0 Å². The molecule has 20 heavy (non-hydrogen) atoms. The number of hydrogen-bond acceptors (Lipinski definition) is 2. The molecule has 2 N–H and O–H groups in total. The summed E-state index contributed by atoms with van der Waals surface area (Å²) in [6.45, 7) is 0.516. The number of benzene rings is 3. The van der Waals surface area contributed by atoms with Crippen LogP contribution in [-0.4, -0.2) is 0 Å². The van der Waals surface area contributed by atoms with E-state index in [1.165, 1.54) is 0 Å². The quantitative estimate of drug-likeness (QED) is 0.753. The highest BCUT2D eigenvalue weighted by atomic mass is 35.5. The van der Waals surface area contributed by atoms with Gasteiger partial charge in [0.25, 0.3) is 0 Å². The largest absolute Gasteiger partial charge is 0.457 e. The SMILES string of the molecule is NCc1ccc(Oc2ccc(Cl)cc2)c2ccccc12. The monoisotopic (exact) mass is 283 g/mol. The predicted octanol–water partition coefficient (Wildman–Crippen LogP) is 4.74. The summed E-state index contributed by atoms with van der Waals surface area (Å²) in [7, 11) is 0. The minimum absolute atomic E-state index is 0.516. The molecule has 0 radical (unpaired) electrons. The molecule has 3 aromatic carbocycles. The van der Waals surface area contributed by atoms with Gasteiger partial charge in [0.05, 0.1) is 0 Å². The van der Waals surface area contributed by atoms with Crippen LogP contribution in [-0.2, 0) is 6.54 Å². The highest BCUT2D eigenvalue weighted by Crippen LogP contribution is 2.32. The summed E-state index contributed by atoms with van der Waals surface area (Å²) in [4.78, 5) is 0. The average molecular weight is 284 g/mol. The normalized spacial score (nSPS) is 10.7. The zero-order chi connectivity index (χ0) is 13.9. The molecule has 0 spiro atoms. The number of ether oxygens (including phenoxy) is 1. The summed E-state index contributed by atoms with van der Waals surface area (Å²) < 4.78 is 5.95. The fourth-order valence-electron chi connectivity index (χ4n) is 2.23. The van der Waals surface area contributed by atoms with Gasteiger partial charge in [-0.25, -0.2) is 0 Å². The zero-order valence-electron chi connectivity index (χ0n) is 10.8. The van der Waals surface area contributed by atoms with Crippen molar-refractivity contribution in [2.24, 2.45) is 5.73 Å². The first-order chi connectivity index (χ1) is 9.78. The lowest BCUT2D eigenvalue weighted by atomic mass is 10.0. The fraction of sp³-hybridized carbons (Fsp3) is 0.0588. The minimum atomic E-state index is 0.516. The Bertz CT molecular complexity index is 738. The second-order valence-corrected chi connectivity index (χ2v) is 4.96. The van der Waals surface area contributed by atoms with Gasteiger partial charge >= 0.3 is 0 Å². The maximum absolute atomic E-state index is 5.95. The molecule has 0 fully saturated rings. The van der Waals surface area contributed by atoms with Gasteiger partial charge in [-0.05, 0) is 41.3 Å². The molecular weight excluding hydrogens is 270 g/mol. The molecule has 0 saturated carbocycles. The van der Waals surface area contributed by atoms with E-state index in [1.54, 1.807) is 0 Å². The van der Waals surface area contributed by atoms with E-state index >= 15 is 0 Å². The van der Waals surface area contributed by atoms with Gasteiger partial charge < -0.3 is 10.5 Å². The predicted molar refractivity (Wildman–Crippen MR) is 83.4 cm³/mol. The fourth-order valence-corrected chi connectivity index (χ4v) is 2.36. The molecule has 0 saturated heterocycles. The van der Waals surface area contributed by atoms with Crippen LogP contribution in [0.25, 0.3) is 10.8 Å².